The van der Waals surface area contributed by atoms with E-state index in [0.29, 0.717) is 51.6 Å². The zero-order chi connectivity index (χ0) is 17.2. The van der Waals surface area contributed by atoms with E-state index < -0.39 is 0 Å². The second kappa shape index (κ2) is 6.85. The van der Waals surface area contributed by atoms with Gasteiger partial charge >= 0.3 is 0 Å². The number of aromatic amines is 1. The molecule has 3 heterocycles. The van der Waals surface area contributed by atoms with Crippen molar-refractivity contribution in [3.8, 4) is 0 Å². The van der Waals surface area contributed by atoms with Crippen molar-refractivity contribution in [2.75, 3.05) is 45.9 Å². The van der Waals surface area contributed by atoms with Crippen molar-refractivity contribution in [3.05, 3.63) is 36.0 Å². The van der Waals surface area contributed by atoms with Gasteiger partial charge in [0.2, 0.25) is 5.91 Å². The lowest BCUT2D eigenvalue weighted by atomic mass is 10.2. The first-order valence-electron chi connectivity index (χ1n) is 8.69. The first-order chi connectivity index (χ1) is 12.2. The van der Waals surface area contributed by atoms with Crippen LogP contribution in [0.5, 0.6) is 0 Å². The summed E-state index contributed by atoms with van der Waals surface area (Å²) in [4.78, 5) is 32.0. The van der Waals surface area contributed by atoms with Crippen molar-refractivity contribution in [1.82, 2.24) is 20.1 Å². The molecule has 2 N–H and O–H groups in total. The van der Waals surface area contributed by atoms with E-state index in [-0.39, 0.29) is 17.9 Å². The summed E-state index contributed by atoms with van der Waals surface area (Å²) in [6, 6.07) is 9.47. The topological polar surface area (TPSA) is 77.7 Å². The third kappa shape index (κ3) is 3.25. The number of H-pyrrole nitrogens is 1. The molecule has 25 heavy (non-hydrogen) atoms. The summed E-state index contributed by atoms with van der Waals surface area (Å²) >= 11 is 0. The van der Waals surface area contributed by atoms with Gasteiger partial charge < -0.3 is 24.8 Å². The minimum atomic E-state index is -0.260. The summed E-state index contributed by atoms with van der Waals surface area (Å²) in [7, 11) is 0. The molecule has 4 rings (SSSR count). The second-order valence-corrected chi connectivity index (χ2v) is 6.47. The number of nitrogens with one attached hydrogen (secondary N) is 2. The Morgan fingerprint density at radius 1 is 1.08 bits per heavy atom. The SMILES string of the molecule is O=C(c1cc2ccccc2[nH]1)N1CCN(C(=O)C2COCCN2)CC1. The number of benzene rings is 1. The van der Waals surface area contributed by atoms with E-state index in [1.807, 2.05) is 35.2 Å². The first kappa shape index (κ1) is 16.1. The number of hydrogen-bond acceptors (Lipinski definition) is 4. The van der Waals surface area contributed by atoms with Crippen molar-refractivity contribution in [2.24, 2.45) is 0 Å². The Kier molecular flexibility index (Phi) is 4.42. The number of aromatic nitrogens is 1. The van der Waals surface area contributed by atoms with Crippen LogP contribution >= 0.6 is 0 Å². The summed E-state index contributed by atoms with van der Waals surface area (Å²) in [6.07, 6.45) is 0. The number of carbonyl (C=O) groups is 2. The summed E-state index contributed by atoms with van der Waals surface area (Å²) in [6.45, 7) is 3.99. The van der Waals surface area contributed by atoms with Gasteiger partial charge in [0.1, 0.15) is 11.7 Å². The number of piperazine rings is 1. The number of morpholine rings is 1. The van der Waals surface area contributed by atoms with Crippen LogP contribution in [0, 0.1) is 0 Å². The predicted octanol–water partition coefficient (Wildman–Crippen LogP) is 0.441. The van der Waals surface area contributed by atoms with Crippen molar-refractivity contribution < 1.29 is 14.3 Å². The molecule has 0 aliphatic carbocycles. The lowest BCUT2D eigenvalue weighted by molar-refractivity contribution is -0.137. The largest absolute Gasteiger partial charge is 0.378 e. The molecule has 7 nitrogen and oxygen atoms in total. The van der Waals surface area contributed by atoms with Gasteiger partial charge in [-0.25, -0.2) is 0 Å². The number of amides is 2. The molecule has 1 unspecified atom stereocenters. The van der Waals surface area contributed by atoms with E-state index >= 15 is 0 Å². The Morgan fingerprint density at radius 2 is 1.84 bits per heavy atom. The highest BCUT2D eigenvalue weighted by Crippen LogP contribution is 2.17. The molecular weight excluding hydrogens is 320 g/mol. The van der Waals surface area contributed by atoms with Gasteiger partial charge in [0.25, 0.3) is 5.91 Å². The number of fused-ring (bicyclic) bond motifs is 1. The van der Waals surface area contributed by atoms with Crippen LogP contribution in [-0.2, 0) is 9.53 Å². The van der Waals surface area contributed by atoms with E-state index in [2.05, 4.69) is 10.3 Å². The molecule has 7 heteroatoms. The molecule has 1 atom stereocenters. The van der Waals surface area contributed by atoms with Crippen molar-refractivity contribution in [2.45, 2.75) is 6.04 Å². The fourth-order valence-corrected chi connectivity index (χ4v) is 3.43. The minimum absolute atomic E-state index is 0.0116. The predicted molar refractivity (Wildman–Crippen MR) is 93.4 cm³/mol. The number of ether oxygens (including phenoxy) is 1. The Balaban J connectivity index is 1.37. The quantitative estimate of drug-likeness (QED) is 0.830. The van der Waals surface area contributed by atoms with Gasteiger partial charge in [-0.1, -0.05) is 18.2 Å². The van der Waals surface area contributed by atoms with E-state index in [0.717, 1.165) is 10.9 Å². The third-order valence-corrected chi connectivity index (χ3v) is 4.86. The monoisotopic (exact) mass is 342 g/mol. The highest BCUT2D eigenvalue weighted by molar-refractivity contribution is 5.98. The smallest absolute Gasteiger partial charge is 0.270 e. The Hall–Kier alpha value is -2.38. The van der Waals surface area contributed by atoms with Crippen molar-refractivity contribution in [1.29, 1.82) is 0 Å². The van der Waals surface area contributed by atoms with Crippen LogP contribution in [0.3, 0.4) is 0 Å². The van der Waals surface area contributed by atoms with Crippen LogP contribution in [0.15, 0.2) is 30.3 Å². The second-order valence-electron chi connectivity index (χ2n) is 6.47. The first-order valence-corrected chi connectivity index (χ1v) is 8.69. The molecule has 2 fully saturated rings. The molecular formula is C18H22N4O3. The maximum absolute atomic E-state index is 12.7. The Morgan fingerprint density at radius 3 is 2.56 bits per heavy atom. The average Bonchev–Trinajstić information content (AvgIpc) is 3.12. The normalized spacial score (nSPS) is 21.5. The van der Waals surface area contributed by atoms with E-state index in [1.54, 1.807) is 4.90 Å². The summed E-state index contributed by atoms with van der Waals surface area (Å²) in [5.74, 6) is 0.0554. The molecule has 2 aliphatic rings. The fourth-order valence-electron chi connectivity index (χ4n) is 3.43. The van der Waals surface area contributed by atoms with Crippen LogP contribution < -0.4 is 5.32 Å². The molecule has 0 radical (unpaired) electrons. The molecule has 2 aromatic rings. The van der Waals surface area contributed by atoms with Crippen molar-refractivity contribution in [3.63, 3.8) is 0 Å². The zero-order valence-corrected chi connectivity index (χ0v) is 14.0. The van der Waals surface area contributed by atoms with Crippen LogP contribution in [0.25, 0.3) is 10.9 Å². The van der Waals surface area contributed by atoms with Gasteiger partial charge in [-0.2, -0.15) is 0 Å². The van der Waals surface area contributed by atoms with Gasteiger partial charge in [-0.05, 0) is 12.1 Å². The Labute approximate surface area is 145 Å². The van der Waals surface area contributed by atoms with Crippen LogP contribution in [0.4, 0.5) is 0 Å². The van der Waals surface area contributed by atoms with Gasteiger partial charge in [0.15, 0.2) is 0 Å². The summed E-state index contributed by atoms with van der Waals surface area (Å²) in [5, 5.41) is 4.22. The van der Waals surface area contributed by atoms with Crippen LogP contribution in [0.2, 0.25) is 0 Å². The third-order valence-electron chi connectivity index (χ3n) is 4.86. The lowest BCUT2D eigenvalue weighted by Crippen LogP contribution is -2.57. The number of hydrogen-bond donors (Lipinski definition) is 2. The molecule has 1 aromatic carbocycles. The summed E-state index contributed by atoms with van der Waals surface area (Å²) in [5.41, 5.74) is 1.56. The Bertz CT molecular complexity index is 740. The van der Waals surface area contributed by atoms with Gasteiger partial charge in [0.05, 0.1) is 13.2 Å². The highest BCUT2D eigenvalue weighted by Gasteiger charge is 2.30. The summed E-state index contributed by atoms with van der Waals surface area (Å²) < 4.78 is 5.36. The van der Waals surface area contributed by atoms with Gasteiger partial charge in [-0.15, -0.1) is 0 Å². The van der Waals surface area contributed by atoms with Crippen LogP contribution in [0.1, 0.15) is 10.5 Å². The van der Waals surface area contributed by atoms with Gasteiger partial charge in [0, 0.05) is 43.6 Å². The van der Waals surface area contributed by atoms with E-state index in [1.165, 1.54) is 0 Å². The molecule has 2 aliphatic heterocycles. The molecule has 1 aromatic heterocycles. The molecule has 132 valence electrons. The maximum atomic E-state index is 12.7. The minimum Gasteiger partial charge on any atom is -0.378 e. The van der Waals surface area contributed by atoms with E-state index in [9.17, 15) is 9.59 Å². The average molecular weight is 342 g/mol. The highest BCUT2D eigenvalue weighted by atomic mass is 16.5. The molecule has 2 saturated heterocycles. The standard InChI is InChI=1S/C18H22N4O3/c23-17(15-11-13-3-1-2-4-14(13)20-15)21-6-8-22(9-7-21)18(24)16-12-25-10-5-19-16/h1-4,11,16,19-20H,5-10,12H2. The maximum Gasteiger partial charge on any atom is 0.270 e. The number of para-hydroxylation sites is 1. The zero-order valence-electron chi connectivity index (χ0n) is 14.0. The van der Waals surface area contributed by atoms with Crippen molar-refractivity contribution >= 4 is 22.7 Å². The number of carbonyl (C=O) groups excluding carboxylic acids is 2. The van der Waals surface area contributed by atoms with Crippen LogP contribution in [-0.4, -0.2) is 78.6 Å². The van der Waals surface area contributed by atoms with Gasteiger partial charge in [-0.3, -0.25) is 9.59 Å². The lowest BCUT2D eigenvalue weighted by Gasteiger charge is -2.37. The number of nitrogens with zero attached hydrogens (tertiary/aromatic N) is 2. The molecule has 0 saturated carbocycles. The van der Waals surface area contributed by atoms with E-state index in [4.69, 9.17) is 4.74 Å². The molecule has 0 bridgehead atoms. The fraction of sp³-hybridized carbons (Fsp3) is 0.444. The molecule has 2 amide bonds. The number of rotatable bonds is 2. The molecule has 0 spiro atoms.